The molecule has 1 saturated heterocycles. The van der Waals surface area contributed by atoms with Gasteiger partial charge in [-0.25, -0.2) is 13.1 Å². The predicted octanol–water partition coefficient (Wildman–Crippen LogP) is 3.79. The van der Waals surface area contributed by atoms with E-state index in [0.717, 1.165) is 55.7 Å². The van der Waals surface area contributed by atoms with Crippen LogP contribution < -0.4 is 10.0 Å². The quantitative estimate of drug-likeness (QED) is 0.493. The number of nitrogens with one attached hydrogen (secondary N) is 2. The third-order valence-corrected chi connectivity index (χ3v) is 7.61. The van der Waals surface area contributed by atoms with E-state index >= 15 is 0 Å². The van der Waals surface area contributed by atoms with E-state index in [0.29, 0.717) is 11.6 Å². The van der Waals surface area contributed by atoms with Crippen LogP contribution in [0, 0.1) is 11.3 Å². The number of hydrogen-bond acceptors (Lipinski definition) is 5. The molecule has 0 unspecified atom stereocenters. The molecule has 0 aromatic heterocycles. The molecule has 0 amide bonds. The molecule has 0 bridgehead atoms. The lowest BCUT2D eigenvalue weighted by Crippen LogP contribution is -2.42. The van der Waals surface area contributed by atoms with Gasteiger partial charge in [0.2, 0.25) is 10.0 Å². The predicted molar refractivity (Wildman–Crippen MR) is 133 cm³/mol. The Morgan fingerprint density at radius 2 is 1.56 bits per heavy atom. The van der Waals surface area contributed by atoms with Gasteiger partial charge in [-0.15, -0.1) is 0 Å². The first kappa shape index (κ1) is 24.1. The van der Waals surface area contributed by atoms with Gasteiger partial charge >= 0.3 is 0 Å². The first-order valence-electron chi connectivity index (χ1n) is 11.6. The van der Waals surface area contributed by atoms with Crippen molar-refractivity contribution in [2.24, 2.45) is 0 Å². The van der Waals surface area contributed by atoms with E-state index < -0.39 is 10.0 Å². The van der Waals surface area contributed by atoms with Crippen LogP contribution in [0.25, 0.3) is 0 Å². The zero-order valence-electron chi connectivity index (χ0n) is 19.2. The molecule has 0 atom stereocenters. The number of nitrogens with zero attached hydrogens (tertiary/aromatic N) is 2. The average Bonchev–Trinajstić information content (AvgIpc) is 2.89. The minimum Gasteiger partial charge on any atom is -0.317 e. The van der Waals surface area contributed by atoms with Gasteiger partial charge in [-0.1, -0.05) is 54.6 Å². The molecule has 0 radical (unpaired) electrons. The summed E-state index contributed by atoms with van der Waals surface area (Å²) in [5.74, 6) is 0. The minimum atomic E-state index is -3.58. The van der Waals surface area contributed by atoms with Crippen molar-refractivity contribution >= 4 is 10.0 Å². The molecule has 0 spiro atoms. The van der Waals surface area contributed by atoms with Crippen LogP contribution in [0.15, 0.2) is 83.8 Å². The molecule has 0 aliphatic carbocycles. The molecule has 0 saturated carbocycles. The molecule has 1 aliphatic rings. The van der Waals surface area contributed by atoms with Crippen molar-refractivity contribution in [3.63, 3.8) is 0 Å². The fraction of sp³-hybridized carbons (Fsp3) is 0.296. The maximum absolute atomic E-state index is 12.7. The molecule has 7 heteroatoms. The van der Waals surface area contributed by atoms with Crippen molar-refractivity contribution in [2.45, 2.75) is 43.4 Å². The smallest absolute Gasteiger partial charge is 0.240 e. The van der Waals surface area contributed by atoms with Gasteiger partial charge in [-0.3, -0.25) is 4.90 Å². The maximum Gasteiger partial charge on any atom is 0.240 e. The zero-order valence-corrected chi connectivity index (χ0v) is 20.0. The molecule has 2 N–H and O–H groups in total. The van der Waals surface area contributed by atoms with Gasteiger partial charge < -0.3 is 5.32 Å². The highest BCUT2D eigenvalue weighted by atomic mass is 32.2. The Labute approximate surface area is 202 Å². The summed E-state index contributed by atoms with van der Waals surface area (Å²) >= 11 is 0. The van der Waals surface area contributed by atoms with Crippen molar-refractivity contribution in [1.82, 2.24) is 14.9 Å². The number of rotatable bonds is 9. The van der Waals surface area contributed by atoms with E-state index in [1.54, 1.807) is 12.1 Å². The largest absolute Gasteiger partial charge is 0.317 e. The summed E-state index contributed by atoms with van der Waals surface area (Å²) in [6.07, 6.45) is 2.13. The van der Waals surface area contributed by atoms with Crippen LogP contribution in [-0.2, 0) is 29.7 Å². The van der Waals surface area contributed by atoms with Crippen LogP contribution in [-0.4, -0.2) is 32.4 Å². The molecular weight excluding hydrogens is 444 g/mol. The lowest BCUT2D eigenvalue weighted by molar-refractivity contribution is 0.145. The SMILES string of the molecule is N#Cc1cccc(CN(Cc2ccc(S(=O)(=O)NCc3ccccc3)cc2)C2CCNCC2)c1. The summed E-state index contributed by atoms with van der Waals surface area (Å²) < 4.78 is 28.1. The van der Waals surface area contributed by atoms with Crippen LogP contribution in [0.1, 0.15) is 35.1 Å². The molecule has 176 valence electrons. The number of nitriles is 1. The molecule has 4 rings (SSSR count). The zero-order chi connectivity index (χ0) is 23.8. The highest BCUT2D eigenvalue weighted by Crippen LogP contribution is 2.21. The lowest BCUT2D eigenvalue weighted by Gasteiger charge is -2.35. The molecular formula is C27H30N4O2S. The van der Waals surface area contributed by atoms with Gasteiger partial charge in [-0.2, -0.15) is 5.26 Å². The first-order valence-corrected chi connectivity index (χ1v) is 13.1. The average molecular weight is 475 g/mol. The Morgan fingerprint density at radius 1 is 0.882 bits per heavy atom. The molecule has 1 aliphatic heterocycles. The second-order valence-corrected chi connectivity index (χ2v) is 10.4. The Balaban J connectivity index is 1.46. The van der Waals surface area contributed by atoms with Crippen LogP contribution in [0.4, 0.5) is 0 Å². The highest BCUT2D eigenvalue weighted by Gasteiger charge is 2.22. The molecule has 1 fully saturated rings. The van der Waals surface area contributed by atoms with E-state index in [4.69, 9.17) is 0 Å². The fourth-order valence-electron chi connectivity index (χ4n) is 4.33. The summed E-state index contributed by atoms with van der Waals surface area (Å²) in [6.45, 7) is 3.71. The highest BCUT2D eigenvalue weighted by molar-refractivity contribution is 7.89. The van der Waals surface area contributed by atoms with E-state index in [1.807, 2.05) is 60.7 Å². The Hall–Kier alpha value is -3.02. The van der Waals surface area contributed by atoms with E-state index in [9.17, 15) is 13.7 Å². The number of hydrogen-bond donors (Lipinski definition) is 2. The maximum atomic E-state index is 12.7. The summed E-state index contributed by atoms with van der Waals surface area (Å²) in [7, 11) is -3.58. The normalized spacial score (nSPS) is 14.7. The molecule has 3 aromatic rings. The van der Waals surface area contributed by atoms with Crippen LogP contribution in [0.3, 0.4) is 0 Å². The van der Waals surface area contributed by atoms with Crippen molar-refractivity contribution in [1.29, 1.82) is 5.26 Å². The van der Waals surface area contributed by atoms with Gasteiger partial charge in [0, 0.05) is 25.7 Å². The van der Waals surface area contributed by atoms with Gasteiger partial charge in [-0.05, 0) is 66.9 Å². The topological polar surface area (TPSA) is 85.2 Å². The van der Waals surface area contributed by atoms with Crippen LogP contribution in [0.2, 0.25) is 0 Å². The number of piperidine rings is 1. The summed E-state index contributed by atoms with van der Waals surface area (Å²) in [4.78, 5) is 2.71. The van der Waals surface area contributed by atoms with Crippen molar-refractivity contribution in [2.75, 3.05) is 13.1 Å². The number of sulfonamides is 1. The van der Waals surface area contributed by atoms with E-state index in [1.165, 1.54) is 0 Å². The monoisotopic (exact) mass is 474 g/mol. The van der Waals surface area contributed by atoms with E-state index in [-0.39, 0.29) is 11.4 Å². The van der Waals surface area contributed by atoms with Gasteiger partial charge in [0.1, 0.15) is 0 Å². The Kier molecular flexibility index (Phi) is 8.09. The first-order chi connectivity index (χ1) is 16.5. The van der Waals surface area contributed by atoms with Gasteiger partial charge in [0.05, 0.1) is 16.5 Å². The van der Waals surface area contributed by atoms with Gasteiger partial charge in [0.25, 0.3) is 0 Å². The summed E-state index contributed by atoms with van der Waals surface area (Å²) in [5, 5.41) is 12.7. The van der Waals surface area contributed by atoms with Crippen molar-refractivity contribution in [3.05, 3.63) is 101 Å². The van der Waals surface area contributed by atoms with Crippen LogP contribution >= 0.6 is 0 Å². The molecule has 34 heavy (non-hydrogen) atoms. The van der Waals surface area contributed by atoms with Crippen LogP contribution in [0.5, 0.6) is 0 Å². The Morgan fingerprint density at radius 3 is 2.26 bits per heavy atom. The minimum absolute atomic E-state index is 0.260. The third-order valence-electron chi connectivity index (χ3n) is 6.20. The standard InChI is InChI=1S/C27H30N4O2S/c28-18-24-7-4-8-25(17-24)21-31(26-13-15-29-16-14-26)20-23-9-11-27(12-10-23)34(32,33)30-19-22-5-2-1-3-6-22/h1-12,17,26,29-30H,13-16,19-21H2. The third kappa shape index (κ3) is 6.52. The summed E-state index contributed by atoms with van der Waals surface area (Å²) in [6, 6.07) is 27.1. The summed E-state index contributed by atoms with van der Waals surface area (Å²) in [5.41, 5.74) is 3.76. The molecule has 6 nitrogen and oxygen atoms in total. The lowest BCUT2D eigenvalue weighted by atomic mass is 10.0. The van der Waals surface area contributed by atoms with Crippen molar-refractivity contribution < 1.29 is 8.42 Å². The number of benzene rings is 3. The van der Waals surface area contributed by atoms with E-state index in [2.05, 4.69) is 27.1 Å². The Bertz CT molecular complexity index is 1220. The molecule has 3 aromatic carbocycles. The van der Waals surface area contributed by atoms with Crippen molar-refractivity contribution in [3.8, 4) is 6.07 Å². The second kappa shape index (κ2) is 11.4. The fourth-order valence-corrected chi connectivity index (χ4v) is 5.34. The molecule has 1 heterocycles. The van der Waals surface area contributed by atoms with Gasteiger partial charge in [0.15, 0.2) is 0 Å². The second-order valence-electron chi connectivity index (χ2n) is 8.65.